The van der Waals surface area contributed by atoms with Crippen molar-refractivity contribution < 1.29 is 0 Å². The SMILES string of the molecule is C=CC.C[CH2][Al]([Cl])[CH2]C. The molecule has 0 amide bonds. The molecule has 0 nitrogen and oxygen atoms in total. The van der Waals surface area contributed by atoms with Crippen molar-refractivity contribution in [2.75, 3.05) is 0 Å². The van der Waals surface area contributed by atoms with Crippen LogP contribution in [-0.4, -0.2) is 13.2 Å². The summed E-state index contributed by atoms with van der Waals surface area (Å²) >= 11 is -0.688. The highest BCUT2D eigenvalue weighted by atomic mass is 35.6. The lowest BCUT2D eigenvalue weighted by Crippen LogP contribution is -1.95. The number of hydrogen-bond donors (Lipinski definition) is 0. The fourth-order valence-electron chi connectivity index (χ4n) is 0.289. The van der Waals surface area contributed by atoms with E-state index < -0.39 is 13.2 Å². The van der Waals surface area contributed by atoms with E-state index in [2.05, 4.69) is 20.4 Å². The highest BCUT2D eigenvalue weighted by Crippen LogP contribution is 2.00. The van der Waals surface area contributed by atoms with Crippen LogP contribution in [0.15, 0.2) is 12.7 Å². The summed E-state index contributed by atoms with van der Waals surface area (Å²) in [6, 6.07) is 0. The van der Waals surface area contributed by atoms with Crippen molar-refractivity contribution >= 4 is 23.3 Å². The maximum Gasteiger partial charge on any atom is 0.399 e. The van der Waals surface area contributed by atoms with Crippen LogP contribution in [0.2, 0.25) is 10.6 Å². The van der Waals surface area contributed by atoms with E-state index in [1.54, 1.807) is 6.08 Å². The van der Waals surface area contributed by atoms with Gasteiger partial charge in [0.05, 0.1) is 0 Å². The normalized spacial score (nSPS) is 7.11. The molecular formula is C7H16AlCl. The van der Waals surface area contributed by atoms with Crippen molar-refractivity contribution in [3.8, 4) is 0 Å². The van der Waals surface area contributed by atoms with Crippen LogP contribution in [0.25, 0.3) is 0 Å². The van der Waals surface area contributed by atoms with Gasteiger partial charge in [0.25, 0.3) is 0 Å². The van der Waals surface area contributed by atoms with E-state index in [1.807, 2.05) is 6.92 Å². The molecule has 0 aromatic rings. The Balaban J connectivity index is 0. The van der Waals surface area contributed by atoms with Crippen molar-refractivity contribution in [3.05, 3.63) is 12.7 Å². The first kappa shape index (κ1) is 12.3. The van der Waals surface area contributed by atoms with Gasteiger partial charge in [-0.25, -0.2) is 0 Å². The standard InChI is InChI=1S/C3H6.2C2H5.Al.ClH/c1-3-2;2*1-2;;/h3H,1H2,2H3;2*1H2,2H3;;1H/q;;;+1;/p-1. The highest BCUT2D eigenvalue weighted by molar-refractivity contribution is 7.06. The number of halogens is 1. The van der Waals surface area contributed by atoms with Gasteiger partial charge >= 0.3 is 13.2 Å². The van der Waals surface area contributed by atoms with Crippen LogP contribution in [0, 0.1) is 0 Å². The summed E-state index contributed by atoms with van der Waals surface area (Å²) in [4.78, 5) is 0. The van der Waals surface area contributed by atoms with Gasteiger partial charge in [-0.1, -0.05) is 30.5 Å². The third kappa shape index (κ3) is 17.7. The maximum atomic E-state index is 5.79. The first-order chi connectivity index (χ1) is 4.22. The van der Waals surface area contributed by atoms with Gasteiger partial charge in [-0.2, -0.15) is 0 Å². The van der Waals surface area contributed by atoms with E-state index in [1.165, 1.54) is 10.6 Å². The largest absolute Gasteiger partial charge is 0.399 e. The predicted molar refractivity (Wildman–Crippen MR) is 48.4 cm³/mol. The van der Waals surface area contributed by atoms with E-state index in [0.717, 1.165) is 0 Å². The third-order valence-corrected chi connectivity index (χ3v) is 4.51. The lowest BCUT2D eigenvalue weighted by molar-refractivity contribution is 1.35. The number of allylic oxidation sites excluding steroid dienone is 1. The van der Waals surface area contributed by atoms with Gasteiger partial charge in [-0.15, -0.1) is 6.58 Å². The molecule has 0 heterocycles. The zero-order valence-electron chi connectivity index (χ0n) is 6.65. The lowest BCUT2D eigenvalue weighted by Gasteiger charge is -1.86. The van der Waals surface area contributed by atoms with E-state index >= 15 is 0 Å². The second-order valence-corrected chi connectivity index (χ2v) is 6.50. The molecule has 0 atom stereocenters. The number of hydrogen-bond acceptors (Lipinski definition) is 0. The van der Waals surface area contributed by atoms with Gasteiger partial charge in [0.2, 0.25) is 0 Å². The maximum absolute atomic E-state index is 5.79. The second kappa shape index (κ2) is 11.4. The minimum absolute atomic E-state index is 0.688. The molecule has 0 spiro atoms. The third-order valence-electron chi connectivity index (χ3n) is 0.886. The first-order valence-corrected chi connectivity index (χ1v) is 6.81. The van der Waals surface area contributed by atoms with Gasteiger partial charge in [-0.3, -0.25) is 10.0 Å². The summed E-state index contributed by atoms with van der Waals surface area (Å²) in [5.41, 5.74) is 0. The van der Waals surface area contributed by atoms with Crippen LogP contribution < -0.4 is 0 Å². The fraction of sp³-hybridized carbons (Fsp3) is 0.714. The predicted octanol–water partition coefficient (Wildman–Crippen LogP) is 3.45. The first-order valence-electron chi connectivity index (χ1n) is 3.43. The Morgan fingerprint density at radius 3 is 1.67 bits per heavy atom. The summed E-state index contributed by atoms with van der Waals surface area (Å²) in [5.74, 6) is 0. The molecule has 0 rings (SSSR count). The van der Waals surface area contributed by atoms with Crippen molar-refractivity contribution in [1.29, 1.82) is 0 Å². The molecule has 0 radical (unpaired) electrons. The van der Waals surface area contributed by atoms with Crippen molar-refractivity contribution in [3.63, 3.8) is 0 Å². The fourth-order valence-corrected chi connectivity index (χ4v) is 0.866. The van der Waals surface area contributed by atoms with E-state index in [0.29, 0.717) is 0 Å². The van der Waals surface area contributed by atoms with E-state index in [9.17, 15) is 0 Å². The zero-order valence-corrected chi connectivity index (χ0v) is 8.56. The summed E-state index contributed by atoms with van der Waals surface area (Å²) in [5, 5.41) is 2.47. The number of rotatable bonds is 2. The zero-order chi connectivity index (χ0) is 7.70. The monoisotopic (exact) mass is 162 g/mol. The molecular weight excluding hydrogens is 147 g/mol. The van der Waals surface area contributed by atoms with Gasteiger partial charge in [-0.05, 0) is 6.92 Å². The Kier molecular flexibility index (Phi) is 15.5. The highest BCUT2D eigenvalue weighted by Gasteiger charge is 2.04. The van der Waals surface area contributed by atoms with Crippen molar-refractivity contribution in [2.45, 2.75) is 31.3 Å². The average molecular weight is 163 g/mol. The molecule has 0 bridgehead atoms. The van der Waals surface area contributed by atoms with Gasteiger partial charge < -0.3 is 0 Å². The molecule has 0 unspecified atom stereocenters. The van der Waals surface area contributed by atoms with Crippen LogP contribution in [-0.2, 0) is 0 Å². The van der Waals surface area contributed by atoms with Crippen LogP contribution in [0.5, 0.6) is 0 Å². The molecule has 2 heteroatoms. The topological polar surface area (TPSA) is 0 Å². The van der Waals surface area contributed by atoms with E-state index in [4.69, 9.17) is 10.0 Å². The van der Waals surface area contributed by atoms with Crippen molar-refractivity contribution in [2.24, 2.45) is 0 Å². The Labute approximate surface area is 67.5 Å². The molecule has 0 aromatic carbocycles. The molecule has 0 saturated carbocycles. The lowest BCUT2D eigenvalue weighted by atomic mass is 10.8. The molecule has 0 saturated heterocycles. The smallest absolute Gasteiger partial charge is 0.261 e. The minimum Gasteiger partial charge on any atom is -0.261 e. The van der Waals surface area contributed by atoms with Crippen molar-refractivity contribution in [1.82, 2.24) is 0 Å². The Hall–Kier alpha value is 0.562. The quantitative estimate of drug-likeness (QED) is 0.431. The Morgan fingerprint density at radius 1 is 1.44 bits per heavy atom. The molecule has 0 fully saturated rings. The molecule has 0 aliphatic rings. The van der Waals surface area contributed by atoms with Crippen LogP contribution in [0.4, 0.5) is 0 Å². The van der Waals surface area contributed by atoms with Gasteiger partial charge in [0, 0.05) is 0 Å². The molecule has 0 aliphatic carbocycles. The Morgan fingerprint density at radius 2 is 1.67 bits per heavy atom. The summed E-state index contributed by atoms with van der Waals surface area (Å²) in [6.45, 7) is 9.57. The average Bonchev–Trinajstić information content (AvgIpc) is 1.88. The molecule has 54 valence electrons. The second-order valence-electron chi connectivity index (χ2n) is 1.82. The van der Waals surface area contributed by atoms with Crippen LogP contribution in [0.3, 0.4) is 0 Å². The van der Waals surface area contributed by atoms with Crippen LogP contribution in [0.1, 0.15) is 20.8 Å². The molecule has 0 aromatic heterocycles. The van der Waals surface area contributed by atoms with E-state index in [-0.39, 0.29) is 0 Å². The van der Waals surface area contributed by atoms with Gasteiger partial charge in [0.1, 0.15) is 0 Å². The molecule has 0 aliphatic heterocycles. The van der Waals surface area contributed by atoms with Crippen LogP contribution >= 0.6 is 10.0 Å². The molecule has 0 N–H and O–H groups in total. The Bertz CT molecular complexity index is 50.9. The summed E-state index contributed by atoms with van der Waals surface area (Å²) in [7, 11) is 5.79. The summed E-state index contributed by atoms with van der Waals surface area (Å²) in [6.07, 6.45) is 1.75. The minimum atomic E-state index is -0.688. The molecule has 9 heavy (non-hydrogen) atoms. The summed E-state index contributed by atoms with van der Waals surface area (Å²) < 4.78 is 0. The van der Waals surface area contributed by atoms with Gasteiger partial charge in [0.15, 0.2) is 0 Å².